The SMILES string of the molecule is CC(NC(CCO)C(C)C)c1nc(-c2ccccc2)cs1. The Morgan fingerprint density at radius 2 is 1.90 bits per heavy atom. The predicted octanol–water partition coefficient (Wildman–Crippen LogP) is 3.87. The molecule has 114 valence electrons. The van der Waals surface area contributed by atoms with Crippen molar-refractivity contribution in [3.8, 4) is 11.3 Å². The van der Waals surface area contributed by atoms with Gasteiger partial charge in [-0.3, -0.25) is 0 Å². The third kappa shape index (κ3) is 4.37. The van der Waals surface area contributed by atoms with E-state index in [9.17, 15) is 0 Å². The van der Waals surface area contributed by atoms with Crippen molar-refractivity contribution in [3.63, 3.8) is 0 Å². The maximum absolute atomic E-state index is 9.17. The molecule has 3 nitrogen and oxygen atoms in total. The third-order valence-electron chi connectivity index (χ3n) is 3.67. The first-order chi connectivity index (χ1) is 10.1. The summed E-state index contributed by atoms with van der Waals surface area (Å²) in [6, 6.07) is 10.8. The first kappa shape index (κ1) is 16.1. The maximum atomic E-state index is 9.17. The van der Waals surface area contributed by atoms with E-state index >= 15 is 0 Å². The van der Waals surface area contributed by atoms with Gasteiger partial charge in [0, 0.05) is 23.6 Å². The molecule has 0 saturated heterocycles. The van der Waals surface area contributed by atoms with Crippen LogP contribution in [0.25, 0.3) is 11.3 Å². The van der Waals surface area contributed by atoms with E-state index in [1.165, 1.54) is 0 Å². The highest BCUT2D eigenvalue weighted by Crippen LogP contribution is 2.26. The van der Waals surface area contributed by atoms with Gasteiger partial charge in [0.05, 0.1) is 11.7 Å². The molecule has 21 heavy (non-hydrogen) atoms. The van der Waals surface area contributed by atoms with E-state index in [0.29, 0.717) is 12.0 Å². The number of nitrogens with one attached hydrogen (secondary N) is 1. The standard InChI is InChI=1S/C17H24N2OS/c1-12(2)15(9-10-20)18-13(3)17-19-16(11-21-17)14-7-5-4-6-8-14/h4-8,11-13,15,18,20H,9-10H2,1-3H3. The molecule has 1 heterocycles. The zero-order valence-corrected chi connectivity index (χ0v) is 13.7. The van der Waals surface area contributed by atoms with Crippen LogP contribution in [0.1, 0.15) is 38.2 Å². The average molecular weight is 304 g/mol. The zero-order chi connectivity index (χ0) is 15.2. The van der Waals surface area contributed by atoms with E-state index in [2.05, 4.69) is 43.6 Å². The van der Waals surface area contributed by atoms with Crippen molar-refractivity contribution in [1.82, 2.24) is 10.3 Å². The van der Waals surface area contributed by atoms with E-state index in [-0.39, 0.29) is 12.6 Å². The largest absolute Gasteiger partial charge is 0.396 e. The number of thiazole rings is 1. The topological polar surface area (TPSA) is 45.1 Å². The molecule has 1 aromatic carbocycles. The summed E-state index contributed by atoms with van der Waals surface area (Å²) >= 11 is 1.69. The molecule has 2 aromatic rings. The van der Waals surface area contributed by atoms with Crippen molar-refractivity contribution >= 4 is 11.3 Å². The summed E-state index contributed by atoms with van der Waals surface area (Å²) in [5.74, 6) is 0.494. The quantitative estimate of drug-likeness (QED) is 0.816. The molecule has 0 aliphatic rings. The number of aromatic nitrogens is 1. The number of aliphatic hydroxyl groups excluding tert-OH is 1. The molecule has 2 atom stereocenters. The summed E-state index contributed by atoms with van der Waals surface area (Å²) in [7, 11) is 0. The Balaban J connectivity index is 2.06. The zero-order valence-electron chi connectivity index (χ0n) is 12.9. The van der Waals surface area contributed by atoms with Gasteiger partial charge in [-0.2, -0.15) is 0 Å². The van der Waals surface area contributed by atoms with Crippen LogP contribution in [0, 0.1) is 5.92 Å². The Kier molecular flexibility index (Phi) is 5.91. The van der Waals surface area contributed by atoms with E-state index in [1.807, 2.05) is 18.2 Å². The molecule has 0 saturated carbocycles. The molecule has 0 spiro atoms. The smallest absolute Gasteiger partial charge is 0.110 e. The third-order valence-corrected chi connectivity index (χ3v) is 4.70. The minimum atomic E-state index is 0.200. The van der Waals surface area contributed by atoms with Gasteiger partial charge in [0.15, 0.2) is 0 Å². The molecule has 0 fully saturated rings. The van der Waals surface area contributed by atoms with E-state index < -0.39 is 0 Å². The fraction of sp³-hybridized carbons (Fsp3) is 0.471. The number of aliphatic hydroxyl groups is 1. The van der Waals surface area contributed by atoms with Crippen LogP contribution < -0.4 is 5.32 Å². The molecule has 1 aromatic heterocycles. The van der Waals surface area contributed by atoms with Crippen molar-refractivity contribution in [1.29, 1.82) is 0 Å². The fourth-order valence-electron chi connectivity index (χ4n) is 2.37. The summed E-state index contributed by atoms with van der Waals surface area (Å²) in [5, 5.41) is 16.0. The minimum Gasteiger partial charge on any atom is -0.396 e. The normalized spacial score (nSPS) is 14.3. The van der Waals surface area contributed by atoms with Crippen LogP contribution >= 0.6 is 11.3 Å². The summed E-state index contributed by atoms with van der Waals surface area (Å²) in [5.41, 5.74) is 2.19. The van der Waals surface area contributed by atoms with Crippen LogP contribution in [0.3, 0.4) is 0 Å². The number of hydrogen-bond donors (Lipinski definition) is 2. The maximum Gasteiger partial charge on any atom is 0.110 e. The Morgan fingerprint density at radius 3 is 2.52 bits per heavy atom. The summed E-state index contributed by atoms with van der Waals surface area (Å²) in [6.45, 7) is 6.71. The van der Waals surface area contributed by atoms with Gasteiger partial charge < -0.3 is 10.4 Å². The first-order valence-electron chi connectivity index (χ1n) is 7.49. The van der Waals surface area contributed by atoms with Crippen molar-refractivity contribution in [3.05, 3.63) is 40.7 Å². The Bertz CT molecular complexity index is 539. The fourth-order valence-corrected chi connectivity index (χ4v) is 3.21. The van der Waals surface area contributed by atoms with Gasteiger partial charge in [-0.05, 0) is 19.3 Å². The van der Waals surface area contributed by atoms with E-state index in [4.69, 9.17) is 10.1 Å². The highest BCUT2D eigenvalue weighted by molar-refractivity contribution is 7.10. The molecular weight excluding hydrogens is 280 g/mol. The number of nitrogens with zero attached hydrogens (tertiary/aromatic N) is 1. The van der Waals surface area contributed by atoms with Gasteiger partial charge in [0.25, 0.3) is 0 Å². The number of hydrogen-bond acceptors (Lipinski definition) is 4. The molecule has 2 unspecified atom stereocenters. The second-order valence-electron chi connectivity index (χ2n) is 5.69. The van der Waals surface area contributed by atoms with E-state index in [0.717, 1.165) is 22.7 Å². The minimum absolute atomic E-state index is 0.200. The van der Waals surface area contributed by atoms with Gasteiger partial charge in [-0.1, -0.05) is 44.2 Å². The molecule has 0 bridgehead atoms. The molecule has 0 amide bonds. The van der Waals surface area contributed by atoms with Crippen molar-refractivity contribution < 1.29 is 5.11 Å². The number of benzene rings is 1. The Labute approximate surface area is 131 Å². The first-order valence-corrected chi connectivity index (χ1v) is 8.37. The van der Waals surface area contributed by atoms with Gasteiger partial charge in [-0.15, -0.1) is 11.3 Å². The molecule has 0 aliphatic heterocycles. The van der Waals surface area contributed by atoms with Crippen LogP contribution in [0.5, 0.6) is 0 Å². The van der Waals surface area contributed by atoms with Crippen molar-refractivity contribution in [2.45, 2.75) is 39.3 Å². The van der Waals surface area contributed by atoms with E-state index in [1.54, 1.807) is 11.3 Å². The molecule has 0 aliphatic carbocycles. The van der Waals surface area contributed by atoms with Crippen LogP contribution in [-0.4, -0.2) is 22.7 Å². The van der Waals surface area contributed by atoms with Crippen LogP contribution in [-0.2, 0) is 0 Å². The Morgan fingerprint density at radius 1 is 1.19 bits per heavy atom. The highest BCUT2D eigenvalue weighted by atomic mass is 32.1. The van der Waals surface area contributed by atoms with Gasteiger partial charge >= 0.3 is 0 Å². The lowest BCUT2D eigenvalue weighted by atomic mass is 10.0. The average Bonchev–Trinajstić information content (AvgIpc) is 2.97. The lowest BCUT2D eigenvalue weighted by Crippen LogP contribution is -2.36. The van der Waals surface area contributed by atoms with Crippen LogP contribution in [0.2, 0.25) is 0 Å². The Hall–Kier alpha value is -1.23. The van der Waals surface area contributed by atoms with Gasteiger partial charge in [-0.25, -0.2) is 4.98 Å². The molecule has 4 heteroatoms. The summed E-state index contributed by atoms with van der Waals surface area (Å²) in [4.78, 5) is 4.75. The van der Waals surface area contributed by atoms with Crippen molar-refractivity contribution in [2.24, 2.45) is 5.92 Å². The van der Waals surface area contributed by atoms with Gasteiger partial charge in [0.2, 0.25) is 0 Å². The van der Waals surface area contributed by atoms with Crippen LogP contribution in [0.15, 0.2) is 35.7 Å². The molecular formula is C17H24N2OS. The molecule has 0 radical (unpaired) electrons. The number of rotatable bonds is 7. The molecule has 2 rings (SSSR count). The summed E-state index contributed by atoms with van der Waals surface area (Å²) < 4.78 is 0. The molecule has 2 N–H and O–H groups in total. The monoisotopic (exact) mass is 304 g/mol. The second kappa shape index (κ2) is 7.69. The lowest BCUT2D eigenvalue weighted by molar-refractivity contribution is 0.237. The predicted molar refractivity (Wildman–Crippen MR) is 89.4 cm³/mol. The lowest BCUT2D eigenvalue weighted by Gasteiger charge is -2.24. The highest BCUT2D eigenvalue weighted by Gasteiger charge is 2.18. The van der Waals surface area contributed by atoms with Crippen LogP contribution in [0.4, 0.5) is 0 Å². The summed E-state index contributed by atoms with van der Waals surface area (Å²) in [6.07, 6.45) is 0.777. The second-order valence-corrected chi connectivity index (χ2v) is 6.58. The van der Waals surface area contributed by atoms with Gasteiger partial charge in [0.1, 0.15) is 5.01 Å². The van der Waals surface area contributed by atoms with Crippen molar-refractivity contribution in [2.75, 3.05) is 6.61 Å².